The van der Waals surface area contributed by atoms with Gasteiger partial charge in [0.25, 0.3) is 0 Å². The highest BCUT2D eigenvalue weighted by molar-refractivity contribution is 5.36. The number of aliphatic hydroxyl groups excluding tert-OH is 1. The number of hydrogen-bond acceptors (Lipinski definition) is 3. The lowest BCUT2D eigenvalue weighted by Crippen LogP contribution is -2.09. The molecule has 1 heterocycles. The van der Waals surface area contributed by atoms with Crippen LogP contribution in [0.4, 0.5) is 13.2 Å². The SMILES string of the molecule is Cc1cc(C(F)(F)F)ccc1C(O)c1ccncn1. The maximum Gasteiger partial charge on any atom is 0.416 e. The predicted octanol–water partition coefficient (Wildman–Crippen LogP) is 2.89. The van der Waals surface area contributed by atoms with Gasteiger partial charge in [-0.1, -0.05) is 6.07 Å². The van der Waals surface area contributed by atoms with Gasteiger partial charge < -0.3 is 5.11 Å². The molecule has 1 aromatic heterocycles. The van der Waals surface area contributed by atoms with E-state index < -0.39 is 17.8 Å². The molecule has 0 saturated carbocycles. The first-order valence-electron chi connectivity index (χ1n) is 5.51. The molecule has 0 fully saturated rings. The fourth-order valence-electron chi connectivity index (χ4n) is 1.78. The van der Waals surface area contributed by atoms with E-state index >= 15 is 0 Å². The molecule has 1 N–H and O–H groups in total. The molecule has 1 atom stereocenters. The molecule has 0 aliphatic rings. The number of aryl methyl sites for hydroxylation is 1. The summed E-state index contributed by atoms with van der Waals surface area (Å²) >= 11 is 0. The summed E-state index contributed by atoms with van der Waals surface area (Å²) in [6, 6.07) is 4.75. The smallest absolute Gasteiger partial charge is 0.382 e. The summed E-state index contributed by atoms with van der Waals surface area (Å²) in [6.45, 7) is 1.52. The number of benzene rings is 1. The predicted molar refractivity (Wildman–Crippen MR) is 62.3 cm³/mol. The van der Waals surface area contributed by atoms with Crippen molar-refractivity contribution in [2.45, 2.75) is 19.2 Å². The molecule has 1 aromatic carbocycles. The molecule has 6 heteroatoms. The average molecular weight is 268 g/mol. The Hall–Kier alpha value is -1.95. The Kier molecular flexibility index (Phi) is 3.53. The molecule has 0 radical (unpaired) electrons. The van der Waals surface area contributed by atoms with Gasteiger partial charge in [-0.2, -0.15) is 13.2 Å². The zero-order valence-corrected chi connectivity index (χ0v) is 10.0. The van der Waals surface area contributed by atoms with E-state index in [9.17, 15) is 18.3 Å². The highest BCUT2D eigenvalue weighted by atomic mass is 19.4. The maximum atomic E-state index is 12.5. The van der Waals surface area contributed by atoms with Gasteiger partial charge >= 0.3 is 6.18 Å². The molecule has 0 aliphatic heterocycles. The first kappa shape index (κ1) is 13.5. The lowest BCUT2D eigenvalue weighted by atomic mass is 9.98. The van der Waals surface area contributed by atoms with E-state index in [1.165, 1.54) is 31.6 Å². The number of halogens is 3. The Bertz CT molecular complexity index is 570. The van der Waals surface area contributed by atoms with Crippen LogP contribution in [0.1, 0.15) is 28.5 Å². The monoisotopic (exact) mass is 268 g/mol. The summed E-state index contributed by atoms with van der Waals surface area (Å²) in [7, 11) is 0. The number of hydrogen-bond donors (Lipinski definition) is 1. The van der Waals surface area contributed by atoms with E-state index in [0.717, 1.165) is 12.1 Å². The van der Waals surface area contributed by atoms with Crippen LogP contribution in [0.2, 0.25) is 0 Å². The fourth-order valence-corrected chi connectivity index (χ4v) is 1.78. The van der Waals surface area contributed by atoms with Crippen LogP contribution < -0.4 is 0 Å². The second-order valence-corrected chi connectivity index (χ2v) is 4.11. The van der Waals surface area contributed by atoms with Gasteiger partial charge in [0.1, 0.15) is 12.4 Å². The van der Waals surface area contributed by atoms with E-state index in [-0.39, 0.29) is 0 Å². The minimum absolute atomic E-state index is 0.345. The van der Waals surface area contributed by atoms with E-state index in [4.69, 9.17) is 0 Å². The van der Waals surface area contributed by atoms with Crippen molar-refractivity contribution in [3.05, 3.63) is 59.2 Å². The summed E-state index contributed by atoms with van der Waals surface area (Å²) < 4.78 is 37.6. The van der Waals surface area contributed by atoms with Crippen molar-refractivity contribution in [2.24, 2.45) is 0 Å². The molecule has 0 aliphatic carbocycles. The van der Waals surface area contributed by atoms with Crippen molar-refractivity contribution in [3.63, 3.8) is 0 Å². The number of aliphatic hydroxyl groups is 1. The van der Waals surface area contributed by atoms with Crippen LogP contribution in [0.25, 0.3) is 0 Å². The van der Waals surface area contributed by atoms with Gasteiger partial charge in [-0.25, -0.2) is 9.97 Å². The quantitative estimate of drug-likeness (QED) is 0.911. The van der Waals surface area contributed by atoms with Gasteiger partial charge in [0, 0.05) is 6.20 Å². The minimum Gasteiger partial charge on any atom is -0.382 e. The summed E-state index contributed by atoms with van der Waals surface area (Å²) in [5.74, 6) is 0. The van der Waals surface area contributed by atoms with Crippen LogP contribution in [0.15, 0.2) is 36.8 Å². The minimum atomic E-state index is -4.39. The van der Waals surface area contributed by atoms with Gasteiger partial charge in [0.05, 0.1) is 11.3 Å². The molecule has 19 heavy (non-hydrogen) atoms. The number of aromatic nitrogens is 2. The largest absolute Gasteiger partial charge is 0.416 e. The molecule has 0 amide bonds. The van der Waals surface area contributed by atoms with Crippen molar-refractivity contribution < 1.29 is 18.3 Å². The molecular formula is C13H11F3N2O. The Labute approximate surface area is 107 Å². The molecule has 0 spiro atoms. The molecule has 1 unspecified atom stereocenters. The standard InChI is InChI=1S/C13H11F3N2O/c1-8-6-9(13(14,15)16)2-3-10(8)12(19)11-4-5-17-7-18-11/h2-7,12,19H,1H3. The van der Waals surface area contributed by atoms with Crippen LogP contribution in [0, 0.1) is 6.92 Å². The van der Waals surface area contributed by atoms with Crippen molar-refractivity contribution >= 4 is 0 Å². The van der Waals surface area contributed by atoms with Crippen LogP contribution >= 0.6 is 0 Å². The molecule has 3 nitrogen and oxygen atoms in total. The van der Waals surface area contributed by atoms with Gasteiger partial charge in [-0.3, -0.25) is 0 Å². The van der Waals surface area contributed by atoms with Crippen LogP contribution in [0.3, 0.4) is 0 Å². The fraction of sp³-hybridized carbons (Fsp3) is 0.231. The molecular weight excluding hydrogens is 257 g/mol. The topological polar surface area (TPSA) is 46.0 Å². The number of alkyl halides is 3. The highest BCUT2D eigenvalue weighted by Gasteiger charge is 2.31. The summed E-state index contributed by atoms with van der Waals surface area (Å²) in [5.41, 5.74) is 0.370. The summed E-state index contributed by atoms with van der Waals surface area (Å²) in [4.78, 5) is 7.60. The third kappa shape index (κ3) is 2.90. The zero-order chi connectivity index (χ0) is 14.0. The van der Waals surface area contributed by atoms with Crippen LogP contribution in [-0.4, -0.2) is 15.1 Å². The van der Waals surface area contributed by atoms with Crippen molar-refractivity contribution in [3.8, 4) is 0 Å². The Morgan fingerprint density at radius 1 is 1.21 bits per heavy atom. The maximum absolute atomic E-state index is 12.5. The van der Waals surface area contributed by atoms with Gasteiger partial charge in [-0.05, 0) is 36.2 Å². The molecule has 0 bridgehead atoms. The lowest BCUT2D eigenvalue weighted by Gasteiger charge is -2.15. The zero-order valence-electron chi connectivity index (χ0n) is 10.0. The molecule has 0 saturated heterocycles. The van der Waals surface area contributed by atoms with Crippen molar-refractivity contribution in [1.82, 2.24) is 9.97 Å². The van der Waals surface area contributed by atoms with E-state index in [2.05, 4.69) is 9.97 Å². The third-order valence-corrected chi connectivity index (χ3v) is 2.78. The normalized spacial score (nSPS) is 13.3. The second kappa shape index (κ2) is 4.97. The molecule has 2 aromatic rings. The van der Waals surface area contributed by atoms with Crippen molar-refractivity contribution in [1.29, 1.82) is 0 Å². The second-order valence-electron chi connectivity index (χ2n) is 4.11. The third-order valence-electron chi connectivity index (χ3n) is 2.78. The number of rotatable bonds is 2. The van der Waals surface area contributed by atoms with E-state index in [0.29, 0.717) is 16.8 Å². The number of nitrogens with zero attached hydrogens (tertiary/aromatic N) is 2. The van der Waals surface area contributed by atoms with E-state index in [1.807, 2.05) is 0 Å². The Morgan fingerprint density at radius 2 is 1.95 bits per heavy atom. The van der Waals surface area contributed by atoms with Gasteiger partial charge in [0.2, 0.25) is 0 Å². The highest BCUT2D eigenvalue weighted by Crippen LogP contribution is 2.32. The Balaban J connectivity index is 2.37. The average Bonchev–Trinajstić information content (AvgIpc) is 2.38. The van der Waals surface area contributed by atoms with Crippen LogP contribution in [-0.2, 0) is 6.18 Å². The first-order valence-corrected chi connectivity index (χ1v) is 5.51. The molecule has 100 valence electrons. The van der Waals surface area contributed by atoms with E-state index in [1.54, 1.807) is 0 Å². The molecule has 2 rings (SSSR count). The summed E-state index contributed by atoms with van der Waals surface area (Å²) in [5, 5.41) is 10.1. The van der Waals surface area contributed by atoms with Crippen molar-refractivity contribution in [2.75, 3.05) is 0 Å². The van der Waals surface area contributed by atoms with Crippen LogP contribution in [0.5, 0.6) is 0 Å². The van der Waals surface area contributed by atoms with Gasteiger partial charge in [0.15, 0.2) is 0 Å². The lowest BCUT2D eigenvalue weighted by molar-refractivity contribution is -0.137. The Morgan fingerprint density at radius 3 is 2.47 bits per heavy atom. The summed E-state index contributed by atoms with van der Waals surface area (Å²) in [6.07, 6.45) is -2.71. The first-order chi connectivity index (χ1) is 8.89. The van der Waals surface area contributed by atoms with Gasteiger partial charge in [-0.15, -0.1) is 0 Å².